The molecule has 3 aromatic carbocycles. The van der Waals surface area contributed by atoms with Crippen molar-refractivity contribution in [3.63, 3.8) is 0 Å². The molecule has 0 atom stereocenters. The molecule has 0 amide bonds. The minimum absolute atomic E-state index is 0.736. The molecule has 1 aliphatic carbocycles. The van der Waals surface area contributed by atoms with E-state index < -0.39 is 0 Å². The van der Waals surface area contributed by atoms with Gasteiger partial charge in [0.1, 0.15) is 0 Å². The molecule has 1 heteroatoms. The fourth-order valence-corrected chi connectivity index (χ4v) is 3.63. The zero-order chi connectivity index (χ0) is 17.2. The Balaban J connectivity index is 1.97. The molecule has 1 aliphatic rings. The third-order valence-corrected chi connectivity index (χ3v) is 4.85. The van der Waals surface area contributed by atoms with Crippen LogP contribution in [-0.2, 0) is 12.8 Å². The van der Waals surface area contributed by atoms with Gasteiger partial charge >= 0.3 is 0 Å². The molecule has 0 fully saturated rings. The van der Waals surface area contributed by atoms with Crippen LogP contribution in [0.3, 0.4) is 0 Å². The van der Waals surface area contributed by atoms with Crippen LogP contribution in [-0.4, -0.2) is 0 Å². The van der Waals surface area contributed by atoms with Gasteiger partial charge in [0.15, 0.2) is 0 Å². The Morgan fingerprint density at radius 1 is 0.840 bits per heavy atom. The lowest BCUT2D eigenvalue weighted by atomic mass is 9.91. The van der Waals surface area contributed by atoms with Crippen molar-refractivity contribution in [1.29, 1.82) is 5.26 Å². The average molecular weight is 321 g/mol. The lowest BCUT2D eigenvalue weighted by Gasteiger charge is -2.12. The van der Waals surface area contributed by atoms with E-state index in [0.717, 1.165) is 18.4 Å². The first-order valence-electron chi connectivity index (χ1n) is 8.64. The quantitative estimate of drug-likeness (QED) is 0.576. The Hall–Kier alpha value is -3.11. The summed E-state index contributed by atoms with van der Waals surface area (Å²) in [4.78, 5) is 0. The van der Waals surface area contributed by atoms with Crippen LogP contribution in [0.5, 0.6) is 0 Å². The molecule has 25 heavy (non-hydrogen) atoms. The van der Waals surface area contributed by atoms with Crippen molar-refractivity contribution < 1.29 is 0 Å². The summed E-state index contributed by atoms with van der Waals surface area (Å²) in [5.74, 6) is 0. The summed E-state index contributed by atoms with van der Waals surface area (Å²) < 4.78 is 0. The summed E-state index contributed by atoms with van der Waals surface area (Å²) in [6.07, 6.45) is 4.25. The maximum absolute atomic E-state index is 9.25. The van der Waals surface area contributed by atoms with E-state index in [1.807, 2.05) is 12.1 Å². The van der Waals surface area contributed by atoms with Crippen molar-refractivity contribution in [3.05, 3.63) is 106 Å². The van der Waals surface area contributed by atoms with Gasteiger partial charge in [-0.3, -0.25) is 0 Å². The summed E-state index contributed by atoms with van der Waals surface area (Å²) in [6, 6.07) is 25.6. The topological polar surface area (TPSA) is 23.8 Å². The number of nitrogens with zero attached hydrogens (tertiary/aromatic N) is 1. The SMILES string of the molecule is Cc1cccc(/C=C2/c3ccccc3CCc3cc(C#N)ccc32)c1. The highest BCUT2D eigenvalue weighted by Crippen LogP contribution is 2.35. The normalized spacial score (nSPS) is 14.3. The third kappa shape index (κ3) is 2.99. The number of hydrogen-bond donors (Lipinski definition) is 0. The lowest BCUT2D eigenvalue weighted by molar-refractivity contribution is 0.964. The van der Waals surface area contributed by atoms with E-state index in [2.05, 4.69) is 73.7 Å². The second-order valence-electron chi connectivity index (χ2n) is 6.61. The summed E-state index contributed by atoms with van der Waals surface area (Å²) in [5.41, 5.74) is 9.62. The van der Waals surface area contributed by atoms with Crippen LogP contribution in [0.15, 0.2) is 66.7 Å². The molecule has 0 aromatic heterocycles. The van der Waals surface area contributed by atoms with Gasteiger partial charge in [0.25, 0.3) is 0 Å². The van der Waals surface area contributed by atoms with Crippen LogP contribution in [0.25, 0.3) is 11.6 Å². The molecule has 4 rings (SSSR count). The zero-order valence-electron chi connectivity index (χ0n) is 14.3. The highest BCUT2D eigenvalue weighted by Gasteiger charge is 2.18. The Labute approximate surface area is 148 Å². The Morgan fingerprint density at radius 2 is 1.64 bits per heavy atom. The van der Waals surface area contributed by atoms with E-state index in [1.165, 1.54) is 39.0 Å². The molecule has 0 radical (unpaired) electrons. The lowest BCUT2D eigenvalue weighted by Crippen LogP contribution is -1.93. The smallest absolute Gasteiger partial charge is 0.0991 e. The van der Waals surface area contributed by atoms with Crippen molar-refractivity contribution >= 4 is 11.6 Å². The van der Waals surface area contributed by atoms with Crippen molar-refractivity contribution in [2.45, 2.75) is 19.8 Å². The first kappa shape index (κ1) is 15.4. The maximum atomic E-state index is 9.25. The van der Waals surface area contributed by atoms with E-state index in [4.69, 9.17) is 0 Å². The summed E-state index contributed by atoms with van der Waals surface area (Å²) in [6.45, 7) is 2.12. The van der Waals surface area contributed by atoms with Crippen LogP contribution >= 0.6 is 0 Å². The summed E-state index contributed by atoms with van der Waals surface area (Å²) >= 11 is 0. The molecule has 0 bridgehead atoms. The van der Waals surface area contributed by atoms with E-state index in [9.17, 15) is 5.26 Å². The fourth-order valence-electron chi connectivity index (χ4n) is 3.63. The van der Waals surface area contributed by atoms with Gasteiger partial charge in [-0.25, -0.2) is 0 Å². The van der Waals surface area contributed by atoms with Gasteiger partial charge in [-0.15, -0.1) is 0 Å². The van der Waals surface area contributed by atoms with E-state index in [-0.39, 0.29) is 0 Å². The molecule has 120 valence electrons. The monoisotopic (exact) mass is 321 g/mol. The molecule has 0 aliphatic heterocycles. The molecule has 3 aromatic rings. The third-order valence-electron chi connectivity index (χ3n) is 4.85. The number of aryl methyl sites for hydroxylation is 3. The van der Waals surface area contributed by atoms with E-state index >= 15 is 0 Å². The van der Waals surface area contributed by atoms with Gasteiger partial charge in [-0.05, 0) is 71.4 Å². The van der Waals surface area contributed by atoms with Gasteiger partial charge in [0.05, 0.1) is 11.6 Å². The van der Waals surface area contributed by atoms with Gasteiger partial charge in [0.2, 0.25) is 0 Å². The molecule has 0 saturated heterocycles. The highest BCUT2D eigenvalue weighted by molar-refractivity contribution is 5.94. The zero-order valence-corrected chi connectivity index (χ0v) is 14.3. The van der Waals surface area contributed by atoms with Crippen molar-refractivity contribution in [3.8, 4) is 6.07 Å². The van der Waals surface area contributed by atoms with Crippen molar-refractivity contribution in [2.24, 2.45) is 0 Å². The minimum Gasteiger partial charge on any atom is -0.192 e. The molecule has 0 saturated carbocycles. The molecular formula is C24H19N. The van der Waals surface area contributed by atoms with Gasteiger partial charge < -0.3 is 0 Å². The summed E-state index contributed by atoms with van der Waals surface area (Å²) in [5, 5.41) is 9.25. The Bertz CT molecular complexity index is 1020. The second kappa shape index (κ2) is 6.42. The number of hydrogen-bond acceptors (Lipinski definition) is 1. The maximum Gasteiger partial charge on any atom is 0.0991 e. The summed E-state index contributed by atoms with van der Waals surface area (Å²) in [7, 11) is 0. The van der Waals surface area contributed by atoms with Crippen LogP contribution in [0, 0.1) is 18.3 Å². The molecule has 0 spiro atoms. The molecule has 1 nitrogen and oxygen atoms in total. The number of nitriles is 1. The predicted molar refractivity (Wildman–Crippen MR) is 103 cm³/mol. The Kier molecular flexibility index (Phi) is 3.96. The van der Waals surface area contributed by atoms with Crippen LogP contribution in [0.2, 0.25) is 0 Å². The van der Waals surface area contributed by atoms with Crippen molar-refractivity contribution in [1.82, 2.24) is 0 Å². The van der Waals surface area contributed by atoms with Gasteiger partial charge in [-0.1, -0.05) is 60.2 Å². The number of fused-ring (bicyclic) bond motifs is 2. The average Bonchev–Trinajstić information content (AvgIpc) is 2.79. The number of benzene rings is 3. The first-order valence-corrected chi connectivity index (χ1v) is 8.64. The van der Waals surface area contributed by atoms with Gasteiger partial charge in [0, 0.05) is 0 Å². The van der Waals surface area contributed by atoms with Crippen LogP contribution in [0.4, 0.5) is 0 Å². The minimum atomic E-state index is 0.736. The standard InChI is InChI=1S/C24H19N/c1-17-5-4-6-18(13-17)15-24-22-8-3-2-7-20(22)10-11-21-14-19(16-25)9-12-23(21)24/h2-9,12-15H,10-11H2,1H3/b24-15-. The highest BCUT2D eigenvalue weighted by atomic mass is 14.3. The number of rotatable bonds is 1. The second-order valence-corrected chi connectivity index (χ2v) is 6.61. The Morgan fingerprint density at radius 3 is 2.48 bits per heavy atom. The van der Waals surface area contributed by atoms with E-state index in [1.54, 1.807) is 0 Å². The fraction of sp³-hybridized carbons (Fsp3) is 0.125. The van der Waals surface area contributed by atoms with Crippen LogP contribution < -0.4 is 0 Å². The molecule has 0 N–H and O–H groups in total. The van der Waals surface area contributed by atoms with Crippen molar-refractivity contribution in [2.75, 3.05) is 0 Å². The molecule has 0 unspecified atom stereocenters. The largest absolute Gasteiger partial charge is 0.192 e. The predicted octanol–water partition coefficient (Wildman–Crippen LogP) is 5.55. The molecule has 0 heterocycles. The van der Waals surface area contributed by atoms with Crippen LogP contribution in [0.1, 0.15) is 38.9 Å². The van der Waals surface area contributed by atoms with E-state index in [0.29, 0.717) is 0 Å². The molecular weight excluding hydrogens is 302 g/mol. The van der Waals surface area contributed by atoms with Gasteiger partial charge in [-0.2, -0.15) is 5.26 Å². The first-order chi connectivity index (χ1) is 12.2.